The highest BCUT2D eigenvalue weighted by Gasteiger charge is 2.26. The third-order valence-electron chi connectivity index (χ3n) is 5.11. The molecule has 0 bridgehead atoms. The standard InChI is InChI=1S/C22H27N3O.CH3Cl/c1-18-9-6-7-13-21(18)22(15-19-10-4-3-5-11-19)23-25(17-26)20-12-8-14-24(2)16-20;1-2/h3-7,9-11,13,17,20H,8,12,14-16H2,1-2H3;1H3/p+1/b23-22-;. The monoisotopic (exact) mass is 400 g/mol. The van der Waals surface area contributed by atoms with E-state index in [1.807, 2.05) is 30.3 Å². The Hall–Kier alpha value is -2.17. The van der Waals surface area contributed by atoms with Gasteiger partial charge in [0, 0.05) is 18.4 Å². The normalized spacial score (nSPS) is 19.4. The van der Waals surface area contributed by atoms with Crippen molar-refractivity contribution in [2.45, 2.75) is 32.2 Å². The van der Waals surface area contributed by atoms with Gasteiger partial charge in [-0.15, -0.1) is 11.6 Å². The average Bonchev–Trinajstić information content (AvgIpc) is 2.74. The van der Waals surface area contributed by atoms with Gasteiger partial charge in [-0.2, -0.15) is 5.10 Å². The van der Waals surface area contributed by atoms with Crippen molar-refractivity contribution < 1.29 is 9.69 Å². The van der Waals surface area contributed by atoms with Gasteiger partial charge >= 0.3 is 0 Å². The first-order valence-electron chi connectivity index (χ1n) is 9.77. The van der Waals surface area contributed by atoms with E-state index in [0.29, 0.717) is 6.42 Å². The SMILES string of the molecule is CCl.Cc1ccccc1/C(Cc1ccccc1)=N\N(C=O)C1CCC[NH+](C)C1. The number of hydrazone groups is 1. The molecule has 1 aliphatic rings. The van der Waals surface area contributed by atoms with Gasteiger partial charge in [0.05, 0.1) is 25.8 Å². The Morgan fingerprint density at radius 1 is 1.18 bits per heavy atom. The summed E-state index contributed by atoms with van der Waals surface area (Å²) in [4.78, 5) is 13.3. The number of halogens is 1. The van der Waals surface area contributed by atoms with Crippen molar-refractivity contribution in [2.24, 2.45) is 5.10 Å². The second kappa shape index (κ2) is 11.6. The molecule has 1 N–H and O–H groups in total. The van der Waals surface area contributed by atoms with Crippen LogP contribution in [0, 0.1) is 6.92 Å². The van der Waals surface area contributed by atoms with E-state index < -0.39 is 0 Å². The molecule has 0 radical (unpaired) electrons. The Balaban J connectivity index is 0.00000136. The lowest BCUT2D eigenvalue weighted by Gasteiger charge is -2.31. The van der Waals surface area contributed by atoms with Crippen LogP contribution in [0.3, 0.4) is 0 Å². The minimum Gasteiger partial charge on any atom is -0.336 e. The first kappa shape index (κ1) is 22.1. The fourth-order valence-electron chi connectivity index (χ4n) is 3.67. The highest BCUT2D eigenvalue weighted by molar-refractivity contribution is 6.15. The Morgan fingerprint density at radius 3 is 2.50 bits per heavy atom. The second-order valence-corrected chi connectivity index (χ2v) is 7.22. The molecule has 1 amide bonds. The Morgan fingerprint density at radius 2 is 1.86 bits per heavy atom. The molecule has 150 valence electrons. The molecular weight excluding hydrogens is 370 g/mol. The van der Waals surface area contributed by atoms with Crippen LogP contribution in [0.1, 0.15) is 29.5 Å². The maximum atomic E-state index is 11.8. The smallest absolute Gasteiger partial charge is 0.230 e. The maximum absolute atomic E-state index is 11.8. The van der Waals surface area contributed by atoms with Crippen LogP contribution in [0.25, 0.3) is 0 Å². The number of rotatable bonds is 6. The molecule has 0 aromatic heterocycles. The number of carbonyl (C=O) groups excluding carboxylic acids is 1. The van der Waals surface area contributed by atoms with E-state index in [2.05, 4.69) is 49.8 Å². The van der Waals surface area contributed by atoms with Gasteiger partial charge in [0.1, 0.15) is 6.04 Å². The summed E-state index contributed by atoms with van der Waals surface area (Å²) >= 11 is 4.64. The molecule has 28 heavy (non-hydrogen) atoms. The molecule has 2 aromatic rings. The van der Waals surface area contributed by atoms with Crippen LogP contribution < -0.4 is 4.90 Å². The summed E-state index contributed by atoms with van der Waals surface area (Å²) < 4.78 is 0. The van der Waals surface area contributed by atoms with Gasteiger partial charge in [-0.1, -0.05) is 54.6 Å². The third kappa shape index (κ3) is 6.18. The number of likely N-dealkylation sites (tertiary alicyclic amines) is 1. The topological polar surface area (TPSA) is 37.1 Å². The maximum Gasteiger partial charge on any atom is 0.230 e. The summed E-state index contributed by atoms with van der Waals surface area (Å²) in [5.74, 6) is 0. The number of alkyl halides is 1. The molecule has 0 aliphatic carbocycles. The number of quaternary nitrogens is 1. The van der Waals surface area contributed by atoms with Crippen molar-refractivity contribution in [2.75, 3.05) is 26.5 Å². The van der Waals surface area contributed by atoms with E-state index >= 15 is 0 Å². The number of aryl methyl sites for hydroxylation is 1. The lowest BCUT2D eigenvalue weighted by atomic mass is 9.98. The molecule has 1 fully saturated rings. The zero-order valence-corrected chi connectivity index (χ0v) is 17.8. The summed E-state index contributed by atoms with van der Waals surface area (Å²) in [7, 11) is 2.19. The summed E-state index contributed by atoms with van der Waals surface area (Å²) in [5.41, 5.74) is 4.44. The van der Waals surface area contributed by atoms with Gasteiger partial charge in [-0.25, -0.2) is 5.01 Å². The number of benzene rings is 2. The summed E-state index contributed by atoms with van der Waals surface area (Å²) in [6.45, 7) is 4.22. The number of hydrogen-bond acceptors (Lipinski definition) is 2. The molecule has 5 heteroatoms. The molecule has 0 saturated carbocycles. The highest BCUT2D eigenvalue weighted by atomic mass is 35.5. The van der Waals surface area contributed by atoms with E-state index in [-0.39, 0.29) is 6.04 Å². The van der Waals surface area contributed by atoms with E-state index in [9.17, 15) is 4.79 Å². The van der Waals surface area contributed by atoms with E-state index in [0.717, 1.165) is 37.1 Å². The van der Waals surface area contributed by atoms with Crippen molar-refractivity contribution in [1.29, 1.82) is 0 Å². The summed E-state index contributed by atoms with van der Waals surface area (Å²) in [5, 5.41) is 6.51. The van der Waals surface area contributed by atoms with Crippen molar-refractivity contribution in [3.05, 3.63) is 71.3 Å². The van der Waals surface area contributed by atoms with Gasteiger partial charge in [-0.3, -0.25) is 4.79 Å². The quantitative estimate of drug-likeness (QED) is 0.344. The molecule has 2 atom stereocenters. The van der Waals surface area contributed by atoms with Crippen molar-refractivity contribution in [1.82, 2.24) is 5.01 Å². The fourth-order valence-corrected chi connectivity index (χ4v) is 3.67. The molecule has 0 spiro atoms. The zero-order valence-electron chi connectivity index (χ0n) is 17.1. The molecule has 2 unspecified atom stereocenters. The lowest BCUT2D eigenvalue weighted by Crippen LogP contribution is -3.11. The van der Waals surface area contributed by atoms with Gasteiger partial charge in [0.2, 0.25) is 6.41 Å². The number of nitrogens with one attached hydrogen (secondary N) is 1. The number of likely N-dealkylation sites (N-methyl/N-ethyl adjacent to an activating group) is 1. The Bertz CT molecular complexity index is 763. The van der Waals surface area contributed by atoms with Gasteiger partial charge in [0.15, 0.2) is 0 Å². The van der Waals surface area contributed by atoms with Crippen molar-refractivity contribution in [3.63, 3.8) is 0 Å². The van der Waals surface area contributed by atoms with Crippen LogP contribution in [0.15, 0.2) is 59.7 Å². The number of piperidine rings is 1. The van der Waals surface area contributed by atoms with Crippen LogP contribution in [-0.2, 0) is 11.2 Å². The first-order valence-corrected chi connectivity index (χ1v) is 10.5. The Labute approximate surface area is 173 Å². The predicted molar refractivity (Wildman–Crippen MR) is 117 cm³/mol. The molecule has 1 saturated heterocycles. The van der Waals surface area contributed by atoms with E-state index in [4.69, 9.17) is 5.10 Å². The average molecular weight is 401 g/mol. The number of amides is 1. The summed E-state index contributed by atoms with van der Waals surface area (Å²) in [6.07, 6.45) is 5.23. The Kier molecular flexibility index (Phi) is 9.18. The van der Waals surface area contributed by atoms with Crippen LogP contribution in [0.5, 0.6) is 0 Å². The lowest BCUT2D eigenvalue weighted by molar-refractivity contribution is -0.886. The van der Waals surface area contributed by atoms with Crippen LogP contribution >= 0.6 is 11.6 Å². The number of carbonyl (C=O) groups is 1. The number of hydrogen-bond donors (Lipinski definition) is 1. The fraction of sp³-hybridized carbons (Fsp3) is 0.391. The predicted octanol–water partition coefficient (Wildman–Crippen LogP) is 2.93. The highest BCUT2D eigenvalue weighted by Crippen LogP contribution is 2.15. The van der Waals surface area contributed by atoms with Crippen LogP contribution in [-0.4, -0.2) is 49.7 Å². The van der Waals surface area contributed by atoms with Crippen molar-refractivity contribution in [3.8, 4) is 0 Å². The van der Waals surface area contributed by atoms with Gasteiger partial charge in [0.25, 0.3) is 0 Å². The van der Waals surface area contributed by atoms with E-state index in [1.54, 1.807) is 5.01 Å². The zero-order chi connectivity index (χ0) is 20.4. The molecule has 3 rings (SSSR count). The third-order valence-corrected chi connectivity index (χ3v) is 5.11. The summed E-state index contributed by atoms with van der Waals surface area (Å²) in [6, 6.07) is 18.8. The largest absolute Gasteiger partial charge is 0.336 e. The van der Waals surface area contributed by atoms with Gasteiger partial charge in [-0.05, 0) is 30.9 Å². The van der Waals surface area contributed by atoms with Crippen molar-refractivity contribution >= 4 is 23.7 Å². The minimum atomic E-state index is 0.177. The molecule has 2 aromatic carbocycles. The molecule has 1 aliphatic heterocycles. The minimum absolute atomic E-state index is 0.177. The van der Waals surface area contributed by atoms with Crippen LogP contribution in [0.2, 0.25) is 0 Å². The molecule has 4 nitrogen and oxygen atoms in total. The molecule has 1 heterocycles. The van der Waals surface area contributed by atoms with Crippen LogP contribution in [0.4, 0.5) is 0 Å². The van der Waals surface area contributed by atoms with E-state index in [1.165, 1.54) is 29.0 Å². The second-order valence-electron chi connectivity index (χ2n) is 7.22. The van der Waals surface area contributed by atoms with Gasteiger partial charge < -0.3 is 4.90 Å². The first-order chi connectivity index (χ1) is 13.7. The molecular formula is C23H31ClN3O+. The number of nitrogens with zero attached hydrogens (tertiary/aromatic N) is 2.